The van der Waals surface area contributed by atoms with Crippen molar-refractivity contribution in [3.63, 3.8) is 0 Å². The second kappa shape index (κ2) is 9.59. The number of fused-ring (bicyclic) bond motifs is 1. The number of aliphatic hydroxyl groups is 1. The van der Waals surface area contributed by atoms with Gasteiger partial charge in [-0.1, -0.05) is 42.5 Å². The third-order valence-electron chi connectivity index (χ3n) is 8.39. The Bertz CT molecular complexity index is 1120. The summed E-state index contributed by atoms with van der Waals surface area (Å²) in [5.74, 6) is 1.33. The van der Waals surface area contributed by atoms with Crippen LogP contribution in [0.25, 0.3) is 0 Å². The number of carbonyl (C=O) groups is 1. The highest BCUT2D eigenvalue weighted by molar-refractivity contribution is 5.94. The smallest absolute Gasteiger partial charge is 0.253 e. The summed E-state index contributed by atoms with van der Waals surface area (Å²) >= 11 is 0. The van der Waals surface area contributed by atoms with Gasteiger partial charge >= 0.3 is 0 Å². The summed E-state index contributed by atoms with van der Waals surface area (Å²) in [6.45, 7) is 1.72. The van der Waals surface area contributed by atoms with E-state index in [4.69, 9.17) is 0 Å². The number of likely N-dealkylation sites (tertiary alicyclic amines) is 1. The van der Waals surface area contributed by atoms with Gasteiger partial charge in [-0.2, -0.15) is 5.10 Å². The van der Waals surface area contributed by atoms with Crippen LogP contribution in [0.4, 0.5) is 0 Å². The van der Waals surface area contributed by atoms with Crippen LogP contribution in [-0.4, -0.2) is 50.9 Å². The van der Waals surface area contributed by atoms with Crippen LogP contribution in [0, 0.1) is 11.8 Å². The van der Waals surface area contributed by atoms with Gasteiger partial charge in [-0.05, 0) is 73.3 Å². The molecule has 2 aliphatic heterocycles. The lowest BCUT2D eigenvalue weighted by Gasteiger charge is -2.21. The van der Waals surface area contributed by atoms with Gasteiger partial charge in [0, 0.05) is 43.1 Å². The van der Waals surface area contributed by atoms with Crippen LogP contribution in [0.2, 0.25) is 0 Å². The van der Waals surface area contributed by atoms with Gasteiger partial charge < -0.3 is 15.3 Å². The molecule has 3 heterocycles. The number of nitrogens with one attached hydrogen (secondary N) is 1. The third-order valence-corrected chi connectivity index (χ3v) is 8.39. The molecule has 3 aliphatic rings. The molecular formula is C29H34N4O2. The van der Waals surface area contributed by atoms with Crippen molar-refractivity contribution in [1.29, 1.82) is 0 Å². The summed E-state index contributed by atoms with van der Waals surface area (Å²) in [6.07, 6.45) is 8.59. The normalized spacial score (nSPS) is 28.8. The van der Waals surface area contributed by atoms with E-state index >= 15 is 0 Å². The topological polar surface area (TPSA) is 70.4 Å². The Balaban J connectivity index is 1.01. The van der Waals surface area contributed by atoms with E-state index in [1.54, 1.807) is 0 Å². The molecule has 3 unspecified atom stereocenters. The SMILES string of the molecule is O=C(c1ccc(C[C@@H]2CC[C@H](C(O)c3ccccc3)N2)cc1)N1CC2CC(n3cccn3)CC2C1. The van der Waals surface area contributed by atoms with E-state index in [-0.39, 0.29) is 11.9 Å². The standard InChI is InChI=1S/C29H34N4O2/c34-28(21-5-2-1-3-6-21)27-12-11-25(31-27)15-20-7-9-22(10-8-20)29(35)32-18-23-16-26(17-24(23)19-32)33-14-4-13-30-33/h1-10,13-14,23-28,31,34H,11-12,15-19H2/t23?,24?,25-,26?,27+,28?/m0/s1. The lowest BCUT2D eigenvalue weighted by atomic mass is 10.0. The highest BCUT2D eigenvalue weighted by atomic mass is 16.3. The zero-order valence-electron chi connectivity index (χ0n) is 20.0. The van der Waals surface area contributed by atoms with Crippen LogP contribution in [0.3, 0.4) is 0 Å². The molecule has 3 aromatic rings. The Morgan fingerprint density at radius 2 is 1.74 bits per heavy atom. The molecule has 0 bridgehead atoms. The molecule has 1 aliphatic carbocycles. The first-order valence-corrected chi connectivity index (χ1v) is 13.0. The van der Waals surface area contributed by atoms with Gasteiger partial charge in [0.05, 0.1) is 12.1 Å². The van der Waals surface area contributed by atoms with Crippen LogP contribution in [0.15, 0.2) is 73.1 Å². The monoisotopic (exact) mass is 470 g/mol. The minimum absolute atomic E-state index is 0.0887. The molecule has 5 atom stereocenters. The van der Waals surface area contributed by atoms with Gasteiger partial charge in [0.15, 0.2) is 0 Å². The maximum atomic E-state index is 13.2. The quantitative estimate of drug-likeness (QED) is 0.571. The van der Waals surface area contributed by atoms with Crippen molar-refractivity contribution in [2.45, 2.75) is 56.3 Å². The largest absolute Gasteiger partial charge is 0.387 e. The number of benzene rings is 2. The fourth-order valence-corrected chi connectivity index (χ4v) is 6.54. The van der Waals surface area contributed by atoms with Crippen LogP contribution >= 0.6 is 0 Å². The summed E-state index contributed by atoms with van der Waals surface area (Å²) in [4.78, 5) is 15.2. The number of hydrogen-bond acceptors (Lipinski definition) is 4. The molecule has 0 radical (unpaired) electrons. The highest BCUT2D eigenvalue weighted by Gasteiger charge is 2.43. The molecule has 6 nitrogen and oxygen atoms in total. The number of hydrogen-bond donors (Lipinski definition) is 2. The van der Waals surface area contributed by atoms with Crippen LogP contribution in [0.1, 0.15) is 59.3 Å². The number of nitrogens with zero attached hydrogens (tertiary/aromatic N) is 3. The van der Waals surface area contributed by atoms with E-state index in [0.29, 0.717) is 23.9 Å². The van der Waals surface area contributed by atoms with Crippen LogP contribution in [0.5, 0.6) is 0 Å². The number of rotatable bonds is 6. The number of amides is 1. The minimum Gasteiger partial charge on any atom is -0.387 e. The molecule has 6 rings (SSSR count). The summed E-state index contributed by atoms with van der Waals surface area (Å²) in [6, 6.07) is 21.0. The zero-order valence-corrected chi connectivity index (χ0v) is 20.0. The van der Waals surface area contributed by atoms with E-state index in [0.717, 1.165) is 56.3 Å². The molecular weight excluding hydrogens is 436 g/mol. The first kappa shape index (κ1) is 22.5. The predicted octanol–water partition coefficient (Wildman–Crippen LogP) is 4.00. The van der Waals surface area contributed by atoms with E-state index in [1.807, 2.05) is 54.7 Å². The van der Waals surface area contributed by atoms with Gasteiger partial charge in [0.25, 0.3) is 5.91 Å². The van der Waals surface area contributed by atoms with E-state index in [1.165, 1.54) is 5.56 Å². The summed E-state index contributed by atoms with van der Waals surface area (Å²) < 4.78 is 2.09. The highest BCUT2D eigenvalue weighted by Crippen LogP contribution is 2.43. The van der Waals surface area contributed by atoms with Crippen molar-refractivity contribution in [1.82, 2.24) is 20.0 Å². The summed E-state index contributed by atoms with van der Waals surface area (Å²) in [5.41, 5.74) is 2.99. The maximum Gasteiger partial charge on any atom is 0.253 e. The second-order valence-corrected chi connectivity index (χ2v) is 10.6. The molecule has 2 saturated heterocycles. The molecule has 3 fully saturated rings. The lowest BCUT2D eigenvalue weighted by molar-refractivity contribution is 0.0778. The molecule has 2 N–H and O–H groups in total. The van der Waals surface area contributed by atoms with Crippen LogP contribution in [-0.2, 0) is 6.42 Å². The minimum atomic E-state index is -0.476. The van der Waals surface area contributed by atoms with Crippen molar-refractivity contribution in [3.05, 3.63) is 89.7 Å². The summed E-state index contributed by atoms with van der Waals surface area (Å²) in [5, 5.41) is 18.8. The Hall–Kier alpha value is -2.96. The molecule has 1 aromatic heterocycles. The van der Waals surface area contributed by atoms with E-state index in [9.17, 15) is 9.90 Å². The van der Waals surface area contributed by atoms with Crippen molar-refractivity contribution in [3.8, 4) is 0 Å². The Morgan fingerprint density at radius 1 is 1.00 bits per heavy atom. The van der Waals surface area contributed by atoms with Crippen LogP contribution < -0.4 is 5.32 Å². The molecule has 1 saturated carbocycles. The number of aliphatic hydroxyl groups excluding tert-OH is 1. The van der Waals surface area contributed by atoms with Gasteiger partial charge in [-0.3, -0.25) is 9.48 Å². The number of aromatic nitrogens is 2. The molecule has 0 spiro atoms. The zero-order chi connectivity index (χ0) is 23.8. The molecule has 2 aromatic carbocycles. The maximum absolute atomic E-state index is 13.2. The fraction of sp³-hybridized carbons (Fsp3) is 0.448. The molecule has 6 heteroatoms. The predicted molar refractivity (Wildman–Crippen MR) is 135 cm³/mol. The molecule has 1 amide bonds. The molecule has 35 heavy (non-hydrogen) atoms. The Labute approximate surface area is 207 Å². The number of carbonyl (C=O) groups excluding carboxylic acids is 1. The summed E-state index contributed by atoms with van der Waals surface area (Å²) in [7, 11) is 0. The van der Waals surface area contributed by atoms with E-state index < -0.39 is 6.10 Å². The van der Waals surface area contributed by atoms with Crippen molar-refractivity contribution in [2.24, 2.45) is 11.8 Å². The van der Waals surface area contributed by atoms with E-state index in [2.05, 4.69) is 38.3 Å². The average Bonchev–Trinajstić information content (AvgIpc) is 3.68. The van der Waals surface area contributed by atoms with Gasteiger partial charge in [0.2, 0.25) is 0 Å². The fourth-order valence-electron chi connectivity index (χ4n) is 6.54. The Kier molecular flexibility index (Phi) is 6.17. The third kappa shape index (κ3) is 4.65. The molecule has 182 valence electrons. The average molecular weight is 471 g/mol. The van der Waals surface area contributed by atoms with Gasteiger partial charge in [-0.15, -0.1) is 0 Å². The second-order valence-electron chi connectivity index (χ2n) is 10.6. The first-order valence-electron chi connectivity index (χ1n) is 13.0. The van der Waals surface area contributed by atoms with Crippen molar-refractivity contribution < 1.29 is 9.90 Å². The first-order chi connectivity index (χ1) is 17.1. The van der Waals surface area contributed by atoms with Crippen molar-refractivity contribution >= 4 is 5.91 Å². The van der Waals surface area contributed by atoms with Crippen molar-refractivity contribution in [2.75, 3.05) is 13.1 Å². The van der Waals surface area contributed by atoms with Gasteiger partial charge in [0.1, 0.15) is 0 Å². The Morgan fingerprint density at radius 3 is 2.43 bits per heavy atom. The lowest BCUT2D eigenvalue weighted by Crippen LogP contribution is -2.35. The van der Waals surface area contributed by atoms with Gasteiger partial charge in [-0.25, -0.2) is 0 Å².